The zero-order chi connectivity index (χ0) is 13.0. The predicted octanol–water partition coefficient (Wildman–Crippen LogP) is 2.42. The van der Waals surface area contributed by atoms with E-state index < -0.39 is 0 Å². The van der Waals surface area contributed by atoms with Crippen molar-refractivity contribution in [2.24, 2.45) is 0 Å². The SMILES string of the molecule is CCN(CC)CCN1CCC(=O)c2ccccc21. The summed E-state index contributed by atoms with van der Waals surface area (Å²) in [6.45, 7) is 9.49. The van der Waals surface area contributed by atoms with Gasteiger partial charge in [0.2, 0.25) is 0 Å². The molecule has 0 amide bonds. The third-order valence-electron chi connectivity index (χ3n) is 3.73. The molecule has 0 aromatic heterocycles. The Labute approximate surface area is 109 Å². The number of ketones is 1. The highest BCUT2D eigenvalue weighted by Crippen LogP contribution is 2.26. The number of hydrogen-bond acceptors (Lipinski definition) is 3. The second kappa shape index (κ2) is 6.01. The molecular weight excluding hydrogens is 224 g/mol. The molecule has 0 bridgehead atoms. The lowest BCUT2D eigenvalue weighted by molar-refractivity contribution is 0.0979. The predicted molar refractivity (Wildman–Crippen MR) is 75.4 cm³/mol. The van der Waals surface area contributed by atoms with Gasteiger partial charge in [-0.3, -0.25) is 4.79 Å². The van der Waals surface area contributed by atoms with Gasteiger partial charge in [0.15, 0.2) is 5.78 Å². The van der Waals surface area contributed by atoms with Crippen molar-refractivity contribution in [2.75, 3.05) is 37.6 Å². The first-order chi connectivity index (χ1) is 8.76. The molecule has 18 heavy (non-hydrogen) atoms. The second-order valence-electron chi connectivity index (χ2n) is 4.70. The average Bonchev–Trinajstić information content (AvgIpc) is 2.42. The molecule has 0 N–H and O–H groups in total. The summed E-state index contributed by atoms with van der Waals surface area (Å²) >= 11 is 0. The van der Waals surface area contributed by atoms with Crippen molar-refractivity contribution in [1.29, 1.82) is 0 Å². The number of anilines is 1. The van der Waals surface area contributed by atoms with Crippen molar-refractivity contribution >= 4 is 11.5 Å². The zero-order valence-electron chi connectivity index (χ0n) is 11.4. The quantitative estimate of drug-likeness (QED) is 0.797. The van der Waals surface area contributed by atoms with E-state index in [2.05, 4.69) is 29.7 Å². The fraction of sp³-hybridized carbons (Fsp3) is 0.533. The molecule has 0 unspecified atom stereocenters. The number of carbonyl (C=O) groups excluding carboxylic acids is 1. The fourth-order valence-corrected chi connectivity index (χ4v) is 2.51. The highest BCUT2D eigenvalue weighted by atomic mass is 16.1. The Morgan fingerprint density at radius 2 is 1.94 bits per heavy atom. The summed E-state index contributed by atoms with van der Waals surface area (Å²) in [7, 11) is 0. The van der Waals surface area contributed by atoms with Gasteiger partial charge in [-0.15, -0.1) is 0 Å². The minimum Gasteiger partial charge on any atom is -0.369 e. The molecule has 0 fully saturated rings. The summed E-state index contributed by atoms with van der Waals surface area (Å²) in [5.74, 6) is 0.282. The number of benzene rings is 1. The van der Waals surface area contributed by atoms with Gasteiger partial charge in [-0.25, -0.2) is 0 Å². The second-order valence-corrected chi connectivity index (χ2v) is 4.70. The van der Waals surface area contributed by atoms with E-state index in [4.69, 9.17) is 0 Å². The molecule has 0 saturated heterocycles. The van der Waals surface area contributed by atoms with Crippen LogP contribution in [0.2, 0.25) is 0 Å². The van der Waals surface area contributed by atoms with Crippen LogP contribution in [-0.2, 0) is 0 Å². The number of hydrogen-bond donors (Lipinski definition) is 0. The number of Topliss-reactive ketones (excluding diaryl/α,β-unsaturated/α-hetero) is 1. The van der Waals surface area contributed by atoms with Crippen LogP contribution in [0.15, 0.2) is 24.3 Å². The monoisotopic (exact) mass is 246 g/mol. The molecule has 98 valence electrons. The lowest BCUT2D eigenvalue weighted by Crippen LogP contribution is -2.38. The van der Waals surface area contributed by atoms with Crippen LogP contribution in [-0.4, -0.2) is 43.4 Å². The van der Waals surface area contributed by atoms with Crippen molar-refractivity contribution < 1.29 is 4.79 Å². The summed E-state index contributed by atoms with van der Waals surface area (Å²) in [5.41, 5.74) is 2.00. The van der Waals surface area contributed by atoms with Crippen LogP contribution < -0.4 is 4.90 Å². The molecule has 0 atom stereocenters. The smallest absolute Gasteiger partial charge is 0.166 e. The van der Waals surface area contributed by atoms with Crippen LogP contribution in [0.4, 0.5) is 5.69 Å². The number of para-hydroxylation sites is 1. The van der Waals surface area contributed by atoms with E-state index in [1.807, 2.05) is 18.2 Å². The van der Waals surface area contributed by atoms with Gasteiger partial charge in [-0.1, -0.05) is 26.0 Å². The molecule has 1 aromatic carbocycles. The van der Waals surface area contributed by atoms with E-state index in [1.165, 1.54) is 0 Å². The number of nitrogens with zero attached hydrogens (tertiary/aromatic N) is 2. The van der Waals surface area contributed by atoms with Gasteiger partial charge in [0, 0.05) is 37.3 Å². The lowest BCUT2D eigenvalue weighted by atomic mass is 10.0. The van der Waals surface area contributed by atoms with Gasteiger partial charge in [0.05, 0.1) is 0 Å². The van der Waals surface area contributed by atoms with Gasteiger partial charge in [-0.2, -0.15) is 0 Å². The average molecular weight is 246 g/mol. The molecule has 0 spiro atoms. The Morgan fingerprint density at radius 1 is 1.22 bits per heavy atom. The summed E-state index contributed by atoms with van der Waals surface area (Å²) < 4.78 is 0. The van der Waals surface area contributed by atoms with Crippen LogP contribution in [0.3, 0.4) is 0 Å². The van der Waals surface area contributed by atoms with Crippen LogP contribution in [0, 0.1) is 0 Å². The van der Waals surface area contributed by atoms with Crippen molar-refractivity contribution in [1.82, 2.24) is 4.90 Å². The summed E-state index contributed by atoms with van der Waals surface area (Å²) in [4.78, 5) is 16.6. The van der Waals surface area contributed by atoms with Gasteiger partial charge < -0.3 is 9.80 Å². The van der Waals surface area contributed by atoms with Crippen molar-refractivity contribution in [3.05, 3.63) is 29.8 Å². The van der Waals surface area contributed by atoms with E-state index >= 15 is 0 Å². The first-order valence-corrected chi connectivity index (χ1v) is 6.85. The topological polar surface area (TPSA) is 23.6 Å². The maximum atomic E-state index is 11.8. The van der Waals surface area contributed by atoms with Crippen molar-refractivity contribution in [3.8, 4) is 0 Å². The molecule has 2 rings (SSSR count). The minimum atomic E-state index is 0.282. The van der Waals surface area contributed by atoms with E-state index in [0.29, 0.717) is 6.42 Å². The van der Waals surface area contributed by atoms with Gasteiger partial charge in [-0.05, 0) is 25.2 Å². The Balaban J connectivity index is 2.07. The highest BCUT2D eigenvalue weighted by Gasteiger charge is 2.22. The third-order valence-corrected chi connectivity index (χ3v) is 3.73. The Bertz CT molecular complexity index is 413. The summed E-state index contributed by atoms with van der Waals surface area (Å²) in [6.07, 6.45) is 0.648. The van der Waals surface area contributed by atoms with Crippen LogP contribution in [0.1, 0.15) is 30.6 Å². The number of fused-ring (bicyclic) bond motifs is 1. The normalized spacial score (nSPS) is 15.1. The van der Waals surface area contributed by atoms with E-state index in [1.54, 1.807) is 0 Å². The zero-order valence-corrected chi connectivity index (χ0v) is 11.4. The standard InChI is InChI=1S/C15H22N2O/c1-3-16(4-2)11-12-17-10-9-15(18)13-7-5-6-8-14(13)17/h5-8H,3-4,9-12H2,1-2H3. The molecule has 0 saturated carbocycles. The van der Waals surface area contributed by atoms with E-state index in [9.17, 15) is 4.79 Å². The van der Waals surface area contributed by atoms with E-state index in [0.717, 1.165) is 44.0 Å². The molecule has 0 aliphatic carbocycles. The molecule has 0 radical (unpaired) electrons. The third kappa shape index (κ3) is 2.72. The molecule has 3 nitrogen and oxygen atoms in total. The molecule has 1 aliphatic rings. The molecule has 3 heteroatoms. The first-order valence-electron chi connectivity index (χ1n) is 6.85. The lowest BCUT2D eigenvalue weighted by Gasteiger charge is -2.32. The molecule has 1 aromatic rings. The highest BCUT2D eigenvalue weighted by molar-refractivity contribution is 6.03. The van der Waals surface area contributed by atoms with Crippen LogP contribution >= 0.6 is 0 Å². The fourth-order valence-electron chi connectivity index (χ4n) is 2.51. The number of carbonyl (C=O) groups is 1. The van der Waals surface area contributed by atoms with Crippen molar-refractivity contribution in [2.45, 2.75) is 20.3 Å². The largest absolute Gasteiger partial charge is 0.369 e. The first kappa shape index (κ1) is 13.1. The number of rotatable bonds is 5. The van der Waals surface area contributed by atoms with E-state index in [-0.39, 0.29) is 5.78 Å². The number of likely N-dealkylation sites (N-methyl/N-ethyl adjacent to an activating group) is 1. The Morgan fingerprint density at radius 3 is 2.67 bits per heavy atom. The van der Waals surface area contributed by atoms with Crippen LogP contribution in [0.25, 0.3) is 0 Å². The summed E-state index contributed by atoms with van der Waals surface area (Å²) in [5, 5.41) is 0. The maximum Gasteiger partial charge on any atom is 0.166 e. The van der Waals surface area contributed by atoms with Gasteiger partial charge in [0.25, 0.3) is 0 Å². The van der Waals surface area contributed by atoms with Gasteiger partial charge in [0.1, 0.15) is 0 Å². The Hall–Kier alpha value is -1.35. The molecular formula is C15H22N2O. The van der Waals surface area contributed by atoms with Gasteiger partial charge >= 0.3 is 0 Å². The Kier molecular flexibility index (Phi) is 4.37. The van der Waals surface area contributed by atoms with Crippen molar-refractivity contribution in [3.63, 3.8) is 0 Å². The maximum absolute atomic E-state index is 11.8. The molecule has 1 heterocycles. The minimum absolute atomic E-state index is 0.282. The van der Waals surface area contributed by atoms with Crippen LogP contribution in [0.5, 0.6) is 0 Å². The molecule has 1 aliphatic heterocycles. The summed E-state index contributed by atoms with van der Waals surface area (Å²) in [6, 6.07) is 7.97.